The minimum Gasteiger partial charge on any atom is -0.384 e. The monoisotopic (exact) mass is 298 g/mol. The fourth-order valence-electron chi connectivity index (χ4n) is 0.750. The summed E-state index contributed by atoms with van der Waals surface area (Å²) in [5, 5.41) is 10.8. The van der Waals surface area contributed by atoms with Gasteiger partial charge in [0.25, 0.3) is 0 Å². The van der Waals surface area contributed by atoms with Crippen molar-refractivity contribution >= 4 is 46.5 Å². The molecule has 17 heavy (non-hydrogen) atoms. The van der Waals surface area contributed by atoms with E-state index < -0.39 is 6.04 Å². The smallest absolute Gasteiger partial charge is 0.242 e. The first kappa shape index (κ1) is 16.6. The Morgan fingerprint density at radius 2 is 2.35 bits per heavy atom. The number of ether oxygens (including phenoxy) is 1. The van der Waals surface area contributed by atoms with E-state index >= 15 is 0 Å². The summed E-state index contributed by atoms with van der Waals surface area (Å²) in [7, 11) is 1.65. The summed E-state index contributed by atoms with van der Waals surface area (Å²) >= 11 is 2.87. The fourth-order valence-corrected chi connectivity index (χ4v) is 2.48. The van der Waals surface area contributed by atoms with Crippen molar-refractivity contribution in [1.82, 2.24) is 10.2 Å². The van der Waals surface area contributed by atoms with E-state index in [-0.39, 0.29) is 18.3 Å². The van der Waals surface area contributed by atoms with Gasteiger partial charge in [-0.3, -0.25) is 10.1 Å². The molecule has 0 bridgehead atoms. The maximum Gasteiger partial charge on any atom is 0.242 e. The molecule has 1 atom stereocenters. The summed E-state index contributed by atoms with van der Waals surface area (Å²) in [6.07, 6.45) is 0. The number of methoxy groups -OCH3 is 1. The van der Waals surface area contributed by atoms with Crippen molar-refractivity contribution < 1.29 is 9.53 Å². The number of nitrogens with one attached hydrogen (secondary N) is 1. The topological polar surface area (TPSA) is 90.1 Å². The Labute approximate surface area is 114 Å². The average Bonchev–Trinajstić information content (AvgIpc) is 2.66. The lowest BCUT2D eigenvalue weighted by Crippen LogP contribution is -2.32. The number of carbonyl (C=O) groups excluding carboxylic acids is 1. The quantitative estimate of drug-likeness (QED) is 0.462. The highest BCUT2D eigenvalue weighted by atomic mass is 35.5. The van der Waals surface area contributed by atoms with Crippen LogP contribution in [-0.4, -0.2) is 41.6 Å². The Morgan fingerprint density at radius 3 is 2.94 bits per heavy atom. The van der Waals surface area contributed by atoms with E-state index in [9.17, 15) is 4.79 Å². The predicted octanol–water partition coefficient (Wildman–Crippen LogP) is 0.984. The summed E-state index contributed by atoms with van der Waals surface area (Å²) in [5.74, 6) is 0.552. The lowest BCUT2D eigenvalue weighted by atomic mass is 10.3. The zero-order valence-corrected chi connectivity index (χ0v) is 12.0. The maximum atomic E-state index is 11.3. The minimum atomic E-state index is -0.548. The number of amides is 1. The Hall–Kier alpha value is -0.410. The molecule has 1 aromatic rings. The molecule has 0 aromatic carbocycles. The van der Waals surface area contributed by atoms with Crippen molar-refractivity contribution in [1.29, 1.82) is 0 Å². The molecule has 3 N–H and O–H groups in total. The SMILES string of the molecule is COCCSc1nnc(NC(=O)[C@@H](C)N)s1.Cl. The molecule has 0 saturated carbocycles. The normalized spacial score (nSPS) is 11.7. The molecule has 0 aliphatic rings. The fraction of sp³-hybridized carbons (Fsp3) is 0.625. The lowest BCUT2D eigenvalue weighted by Gasteiger charge is -2.02. The third-order valence-corrected chi connectivity index (χ3v) is 3.50. The highest BCUT2D eigenvalue weighted by Crippen LogP contribution is 2.25. The van der Waals surface area contributed by atoms with Gasteiger partial charge < -0.3 is 10.5 Å². The van der Waals surface area contributed by atoms with Gasteiger partial charge in [-0.1, -0.05) is 23.1 Å². The molecule has 1 heterocycles. The minimum absolute atomic E-state index is 0. The number of aromatic nitrogens is 2. The number of hydrogen-bond acceptors (Lipinski definition) is 7. The number of carbonyl (C=O) groups is 1. The van der Waals surface area contributed by atoms with E-state index in [4.69, 9.17) is 10.5 Å². The molecule has 1 rings (SSSR count). The van der Waals surface area contributed by atoms with E-state index in [0.717, 1.165) is 10.1 Å². The average molecular weight is 299 g/mol. The first-order valence-electron chi connectivity index (χ1n) is 4.65. The number of thioether (sulfide) groups is 1. The van der Waals surface area contributed by atoms with Crippen LogP contribution in [0.5, 0.6) is 0 Å². The lowest BCUT2D eigenvalue weighted by molar-refractivity contribution is -0.117. The van der Waals surface area contributed by atoms with Crippen molar-refractivity contribution in [2.75, 3.05) is 24.8 Å². The number of rotatable bonds is 6. The van der Waals surface area contributed by atoms with Crippen LogP contribution in [0.2, 0.25) is 0 Å². The van der Waals surface area contributed by atoms with E-state index in [1.54, 1.807) is 14.0 Å². The van der Waals surface area contributed by atoms with Gasteiger partial charge in [-0.25, -0.2) is 0 Å². The largest absolute Gasteiger partial charge is 0.384 e. The number of nitrogens with zero attached hydrogens (tertiary/aromatic N) is 2. The van der Waals surface area contributed by atoms with Gasteiger partial charge in [0.05, 0.1) is 12.6 Å². The van der Waals surface area contributed by atoms with Crippen LogP contribution in [-0.2, 0) is 9.53 Å². The van der Waals surface area contributed by atoms with Crippen LogP contribution < -0.4 is 11.1 Å². The Balaban J connectivity index is 0.00000256. The van der Waals surface area contributed by atoms with Gasteiger partial charge in [-0.05, 0) is 6.92 Å². The highest BCUT2D eigenvalue weighted by Gasteiger charge is 2.11. The Morgan fingerprint density at radius 1 is 1.65 bits per heavy atom. The Bertz CT molecular complexity index is 348. The van der Waals surface area contributed by atoms with Gasteiger partial charge in [0.1, 0.15) is 0 Å². The second-order valence-electron chi connectivity index (χ2n) is 2.99. The molecule has 0 radical (unpaired) electrons. The van der Waals surface area contributed by atoms with Crippen molar-refractivity contribution in [3.05, 3.63) is 0 Å². The van der Waals surface area contributed by atoms with Gasteiger partial charge in [0, 0.05) is 12.9 Å². The standard InChI is InChI=1S/C8H14N4O2S2.ClH/c1-5(9)6(13)10-7-11-12-8(16-7)15-4-3-14-2;/h5H,3-4,9H2,1-2H3,(H,10,11,13);1H/t5-;/m1./s1. The van der Waals surface area contributed by atoms with E-state index in [2.05, 4.69) is 15.5 Å². The molecule has 0 saturated heterocycles. The molecule has 0 spiro atoms. The van der Waals surface area contributed by atoms with Crippen molar-refractivity contribution in [2.24, 2.45) is 5.73 Å². The zero-order chi connectivity index (χ0) is 12.0. The van der Waals surface area contributed by atoms with Gasteiger partial charge >= 0.3 is 0 Å². The zero-order valence-electron chi connectivity index (χ0n) is 9.50. The van der Waals surface area contributed by atoms with Crippen LogP contribution in [0.25, 0.3) is 0 Å². The first-order chi connectivity index (χ1) is 7.63. The van der Waals surface area contributed by atoms with E-state index in [1.165, 1.54) is 23.1 Å². The second kappa shape index (κ2) is 8.65. The summed E-state index contributed by atoms with van der Waals surface area (Å²) < 4.78 is 5.72. The van der Waals surface area contributed by atoms with E-state index in [0.29, 0.717) is 11.7 Å². The van der Waals surface area contributed by atoms with Gasteiger partial charge in [0.2, 0.25) is 11.0 Å². The van der Waals surface area contributed by atoms with Crippen LogP contribution in [0.15, 0.2) is 4.34 Å². The first-order valence-corrected chi connectivity index (χ1v) is 6.45. The molecule has 9 heteroatoms. The molecule has 0 unspecified atom stereocenters. The van der Waals surface area contributed by atoms with Crippen LogP contribution in [0.1, 0.15) is 6.92 Å². The van der Waals surface area contributed by atoms with Crippen molar-refractivity contribution in [3.8, 4) is 0 Å². The number of anilines is 1. The highest BCUT2D eigenvalue weighted by molar-refractivity contribution is 8.01. The summed E-state index contributed by atoms with van der Waals surface area (Å²) in [5.41, 5.74) is 5.41. The number of halogens is 1. The molecule has 0 fully saturated rings. The van der Waals surface area contributed by atoms with Gasteiger partial charge in [-0.15, -0.1) is 22.6 Å². The van der Waals surface area contributed by atoms with Crippen molar-refractivity contribution in [3.63, 3.8) is 0 Å². The third kappa shape index (κ3) is 6.18. The molecule has 6 nitrogen and oxygen atoms in total. The number of hydrogen-bond donors (Lipinski definition) is 2. The summed E-state index contributed by atoms with van der Waals surface area (Å²) in [4.78, 5) is 11.3. The number of nitrogens with two attached hydrogens (primary N) is 1. The van der Waals surface area contributed by atoms with Crippen LogP contribution in [0, 0.1) is 0 Å². The summed E-state index contributed by atoms with van der Waals surface area (Å²) in [6, 6.07) is -0.548. The van der Waals surface area contributed by atoms with Gasteiger partial charge in [-0.2, -0.15) is 0 Å². The third-order valence-electron chi connectivity index (χ3n) is 1.56. The molecule has 0 aliphatic heterocycles. The summed E-state index contributed by atoms with van der Waals surface area (Å²) in [6.45, 7) is 2.27. The molecular weight excluding hydrogens is 284 g/mol. The van der Waals surface area contributed by atoms with Crippen LogP contribution in [0.3, 0.4) is 0 Å². The molecule has 1 amide bonds. The van der Waals surface area contributed by atoms with Gasteiger partial charge in [0.15, 0.2) is 4.34 Å². The molecule has 0 aliphatic carbocycles. The second-order valence-corrected chi connectivity index (χ2v) is 5.31. The maximum absolute atomic E-state index is 11.3. The van der Waals surface area contributed by atoms with Crippen LogP contribution in [0.4, 0.5) is 5.13 Å². The van der Waals surface area contributed by atoms with Crippen LogP contribution >= 0.6 is 35.5 Å². The molecule has 1 aromatic heterocycles. The Kier molecular flexibility index (Phi) is 8.44. The molecule has 98 valence electrons. The molecular formula is C8H15ClN4O2S2. The van der Waals surface area contributed by atoms with Crippen molar-refractivity contribution in [2.45, 2.75) is 17.3 Å². The predicted molar refractivity (Wildman–Crippen MR) is 72.0 cm³/mol. The van der Waals surface area contributed by atoms with E-state index in [1.807, 2.05) is 0 Å².